The zero-order chi connectivity index (χ0) is 13.6. The van der Waals surface area contributed by atoms with E-state index < -0.39 is 0 Å². The first-order valence-electron chi connectivity index (χ1n) is 7.80. The van der Waals surface area contributed by atoms with E-state index in [1.54, 1.807) is 7.11 Å². The van der Waals surface area contributed by atoms with Crippen molar-refractivity contribution in [2.24, 2.45) is 0 Å². The average molecular weight is 271 g/mol. The fourth-order valence-corrected chi connectivity index (χ4v) is 3.41. The zero-order valence-electron chi connectivity index (χ0n) is 12.2. The van der Waals surface area contributed by atoms with Gasteiger partial charge in [0.25, 0.3) is 0 Å². The van der Waals surface area contributed by atoms with Gasteiger partial charge in [0, 0.05) is 13.7 Å². The molecule has 0 radical (unpaired) electrons. The number of methoxy groups -OCH3 is 1. The first kappa shape index (κ1) is 15.2. The normalized spacial score (nSPS) is 27.8. The highest BCUT2D eigenvalue weighted by molar-refractivity contribution is 4.91. The molecule has 1 aliphatic carbocycles. The highest BCUT2D eigenvalue weighted by Gasteiger charge is 2.40. The third-order valence-electron chi connectivity index (χ3n) is 4.49. The molecule has 4 heteroatoms. The maximum atomic E-state index is 9.54. The third kappa shape index (κ3) is 4.71. The summed E-state index contributed by atoms with van der Waals surface area (Å²) in [5.41, 5.74) is 0.222. The lowest BCUT2D eigenvalue weighted by Gasteiger charge is -2.33. The molecule has 4 nitrogen and oxygen atoms in total. The molecule has 1 saturated heterocycles. The van der Waals surface area contributed by atoms with Crippen LogP contribution in [0.5, 0.6) is 0 Å². The van der Waals surface area contributed by atoms with Crippen LogP contribution in [0.15, 0.2) is 0 Å². The van der Waals surface area contributed by atoms with Gasteiger partial charge in [0.05, 0.1) is 24.4 Å². The standard InChI is InChI=1S/C15H29NO3/c1-18-12-13(17)6-10-16-11-14-5-9-15(19-14)7-3-2-4-8-15/h13-14,16-17H,2-12H2,1H3. The summed E-state index contributed by atoms with van der Waals surface area (Å²) < 4.78 is 11.2. The summed E-state index contributed by atoms with van der Waals surface area (Å²) in [4.78, 5) is 0. The van der Waals surface area contributed by atoms with E-state index in [4.69, 9.17) is 9.47 Å². The van der Waals surface area contributed by atoms with Gasteiger partial charge in [0.2, 0.25) is 0 Å². The molecule has 112 valence electrons. The van der Waals surface area contributed by atoms with Crippen LogP contribution in [0, 0.1) is 0 Å². The van der Waals surface area contributed by atoms with Gasteiger partial charge in [-0.25, -0.2) is 0 Å². The van der Waals surface area contributed by atoms with Gasteiger partial charge in [-0.2, -0.15) is 0 Å². The Balaban J connectivity index is 1.57. The zero-order valence-corrected chi connectivity index (χ0v) is 12.2. The van der Waals surface area contributed by atoms with Crippen LogP contribution in [0.25, 0.3) is 0 Å². The van der Waals surface area contributed by atoms with Crippen molar-refractivity contribution in [3.05, 3.63) is 0 Å². The molecular weight excluding hydrogens is 242 g/mol. The molecule has 2 N–H and O–H groups in total. The van der Waals surface area contributed by atoms with E-state index in [1.165, 1.54) is 44.9 Å². The van der Waals surface area contributed by atoms with Crippen LogP contribution in [0.2, 0.25) is 0 Å². The number of ether oxygens (including phenoxy) is 2. The Labute approximate surface area is 116 Å². The maximum Gasteiger partial charge on any atom is 0.0785 e. The first-order chi connectivity index (χ1) is 9.24. The smallest absolute Gasteiger partial charge is 0.0785 e. The van der Waals surface area contributed by atoms with E-state index in [0.717, 1.165) is 19.5 Å². The molecule has 1 heterocycles. The average Bonchev–Trinajstić information content (AvgIpc) is 2.79. The molecule has 0 aromatic heterocycles. The SMILES string of the molecule is COCC(O)CCNCC1CCC2(CCCCC2)O1. The van der Waals surface area contributed by atoms with Gasteiger partial charge in [-0.3, -0.25) is 0 Å². The lowest BCUT2D eigenvalue weighted by Crippen LogP contribution is -2.35. The maximum absolute atomic E-state index is 9.54. The lowest BCUT2D eigenvalue weighted by molar-refractivity contribution is -0.0625. The molecule has 2 unspecified atom stereocenters. The quantitative estimate of drug-likeness (QED) is 0.694. The second-order valence-electron chi connectivity index (χ2n) is 6.12. The highest BCUT2D eigenvalue weighted by Crippen LogP contribution is 2.41. The number of rotatable bonds is 7. The largest absolute Gasteiger partial charge is 0.391 e. The molecule has 2 aliphatic rings. The molecular formula is C15H29NO3. The molecule has 2 fully saturated rings. The van der Waals surface area contributed by atoms with Crippen molar-refractivity contribution in [2.75, 3.05) is 26.8 Å². The van der Waals surface area contributed by atoms with Crippen molar-refractivity contribution < 1.29 is 14.6 Å². The molecule has 0 amide bonds. The van der Waals surface area contributed by atoms with Crippen molar-refractivity contribution in [3.8, 4) is 0 Å². The Hall–Kier alpha value is -0.160. The Bertz CT molecular complexity index is 254. The summed E-state index contributed by atoms with van der Waals surface area (Å²) in [7, 11) is 1.62. The second kappa shape index (κ2) is 7.58. The lowest BCUT2D eigenvalue weighted by atomic mass is 9.83. The monoisotopic (exact) mass is 271 g/mol. The summed E-state index contributed by atoms with van der Waals surface area (Å²) in [5, 5.41) is 12.9. The van der Waals surface area contributed by atoms with Gasteiger partial charge in [-0.15, -0.1) is 0 Å². The molecule has 1 saturated carbocycles. The van der Waals surface area contributed by atoms with Gasteiger partial charge in [-0.05, 0) is 38.6 Å². The van der Waals surface area contributed by atoms with E-state index in [0.29, 0.717) is 12.7 Å². The van der Waals surface area contributed by atoms with Crippen LogP contribution in [0.3, 0.4) is 0 Å². The summed E-state index contributed by atoms with van der Waals surface area (Å²) in [6, 6.07) is 0. The van der Waals surface area contributed by atoms with Gasteiger partial charge in [-0.1, -0.05) is 19.3 Å². The van der Waals surface area contributed by atoms with Gasteiger partial charge in [0.1, 0.15) is 0 Å². The highest BCUT2D eigenvalue weighted by atomic mass is 16.5. The minimum Gasteiger partial charge on any atom is -0.391 e. The van der Waals surface area contributed by atoms with E-state index >= 15 is 0 Å². The molecule has 2 rings (SSSR count). The van der Waals surface area contributed by atoms with Crippen LogP contribution >= 0.6 is 0 Å². The predicted molar refractivity (Wildman–Crippen MR) is 75.3 cm³/mol. The van der Waals surface area contributed by atoms with Crippen molar-refractivity contribution in [3.63, 3.8) is 0 Å². The Kier molecular flexibility index (Phi) is 6.07. The Morgan fingerprint density at radius 2 is 2.11 bits per heavy atom. The summed E-state index contributed by atoms with van der Waals surface area (Å²) >= 11 is 0. The van der Waals surface area contributed by atoms with Crippen molar-refractivity contribution >= 4 is 0 Å². The molecule has 0 bridgehead atoms. The number of aliphatic hydroxyl groups is 1. The summed E-state index contributed by atoms with van der Waals surface area (Å²) in [5.74, 6) is 0. The molecule has 0 aromatic rings. The topological polar surface area (TPSA) is 50.7 Å². The van der Waals surface area contributed by atoms with Crippen LogP contribution in [0.4, 0.5) is 0 Å². The molecule has 19 heavy (non-hydrogen) atoms. The summed E-state index contributed by atoms with van der Waals surface area (Å²) in [6.45, 7) is 2.17. The molecule has 1 spiro atoms. The number of nitrogens with one attached hydrogen (secondary N) is 1. The number of hydrogen-bond acceptors (Lipinski definition) is 4. The molecule has 0 aromatic carbocycles. The Morgan fingerprint density at radius 1 is 1.32 bits per heavy atom. The number of hydrogen-bond donors (Lipinski definition) is 2. The van der Waals surface area contributed by atoms with Crippen LogP contribution in [-0.2, 0) is 9.47 Å². The third-order valence-corrected chi connectivity index (χ3v) is 4.49. The predicted octanol–water partition coefficient (Wildman–Crippen LogP) is 1.86. The van der Waals surface area contributed by atoms with E-state index in [2.05, 4.69) is 5.32 Å². The molecule has 2 atom stereocenters. The fourth-order valence-electron chi connectivity index (χ4n) is 3.41. The van der Waals surface area contributed by atoms with Gasteiger partial charge in [0.15, 0.2) is 0 Å². The van der Waals surface area contributed by atoms with Crippen molar-refractivity contribution in [1.29, 1.82) is 0 Å². The fraction of sp³-hybridized carbons (Fsp3) is 1.00. The van der Waals surface area contributed by atoms with Crippen LogP contribution in [0.1, 0.15) is 51.4 Å². The Morgan fingerprint density at radius 3 is 2.84 bits per heavy atom. The van der Waals surface area contributed by atoms with Gasteiger partial charge >= 0.3 is 0 Å². The molecule has 1 aliphatic heterocycles. The van der Waals surface area contributed by atoms with E-state index in [1.807, 2.05) is 0 Å². The van der Waals surface area contributed by atoms with Crippen molar-refractivity contribution in [1.82, 2.24) is 5.32 Å². The van der Waals surface area contributed by atoms with Crippen LogP contribution in [-0.4, -0.2) is 49.7 Å². The van der Waals surface area contributed by atoms with Crippen molar-refractivity contribution in [2.45, 2.75) is 69.2 Å². The minimum atomic E-state index is -0.355. The van der Waals surface area contributed by atoms with E-state index in [9.17, 15) is 5.11 Å². The second-order valence-corrected chi connectivity index (χ2v) is 6.12. The van der Waals surface area contributed by atoms with Crippen LogP contribution < -0.4 is 5.32 Å². The van der Waals surface area contributed by atoms with E-state index in [-0.39, 0.29) is 11.7 Å². The first-order valence-corrected chi connectivity index (χ1v) is 7.80. The minimum absolute atomic E-state index is 0.222. The van der Waals surface area contributed by atoms with Gasteiger partial charge < -0.3 is 19.9 Å². The summed E-state index contributed by atoms with van der Waals surface area (Å²) in [6.07, 6.45) is 9.76. The number of aliphatic hydroxyl groups excluding tert-OH is 1.